The molecule has 1 N–H and O–H groups in total. The van der Waals surface area contributed by atoms with Crippen LogP contribution >= 0.6 is 11.6 Å². The van der Waals surface area contributed by atoms with Gasteiger partial charge in [-0.2, -0.15) is 4.72 Å². The van der Waals surface area contributed by atoms with Gasteiger partial charge in [0.1, 0.15) is 5.02 Å². The molecule has 0 bridgehead atoms. The zero-order chi connectivity index (χ0) is 14.6. The van der Waals surface area contributed by atoms with Crippen molar-refractivity contribution in [2.24, 2.45) is 0 Å². The smallest absolute Gasteiger partial charge is 0.258 e. The van der Waals surface area contributed by atoms with E-state index in [0.717, 1.165) is 12.1 Å². The summed E-state index contributed by atoms with van der Waals surface area (Å²) in [5.41, 5.74) is -0.474. The van der Waals surface area contributed by atoms with E-state index in [9.17, 15) is 18.5 Å². The molecular formula is C11H11ClN2O4S. The van der Waals surface area contributed by atoms with Crippen LogP contribution < -0.4 is 4.72 Å². The molecule has 1 rings (SSSR count). The summed E-state index contributed by atoms with van der Waals surface area (Å²) in [6, 6.07) is 2.57. The number of nitrogens with zero attached hydrogens (tertiary/aromatic N) is 1. The first-order valence-corrected chi connectivity index (χ1v) is 7.10. The third-order valence-corrected chi connectivity index (χ3v) is 4.12. The maximum atomic E-state index is 12.0. The molecule has 0 heterocycles. The van der Waals surface area contributed by atoms with Gasteiger partial charge in [0, 0.05) is 6.07 Å². The van der Waals surface area contributed by atoms with Gasteiger partial charge in [-0.25, -0.2) is 8.42 Å². The molecule has 0 saturated heterocycles. The summed E-state index contributed by atoms with van der Waals surface area (Å²) in [6.45, 7) is 1.72. The highest BCUT2D eigenvalue weighted by Crippen LogP contribution is 2.27. The van der Waals surface area contributed by atoms with Crippen LogP contribution in [-0.2, 0) is 10.0 Å². The minimum Gasteiger partial charge on any atom is -0.258 e. The zero-order valence-electron chi connectivity index (χ0n) is 9.96. The number of benzene rings is 1. The highest BCUT2D eigenvalue weighted by Gasteiger charge is 2.22. The summed E-state index contributed by atoms with van der Waals surface area (Å²) in [5.74, 6) is 2.28. The summed E-state index contributed by atoms with van der Waals surface area (Å²) in [4.78, 5) is 9.71. The van der Waals surface area contributed by atoms with E-state index in [4.69, 9.17) is 18.0 Å². The van der Waals surface area contributed by atoms with E-state index in [1.54, 1.807) is 6.92 Å². The van der Waals surface area contributed by atoms with E-state index in [-0.39, 0.29) is 9.92 Å². The van der Waals surface area contributed by atoms with Crippen LogP contribution in [0.25, 0.3) is 0 Å². The Labute approximate surface area is 116 Å². The summed E-state index contributed by atoms with van der Waals surface area (Å²) in [6.07, 6.45) is 5.57. The quantitative estimate of drug-likeness (QED) is 0.511. The van der Waals surface area contributed by atoms with Crippen molar-refractivity contribution >= 4 is 27.3 Å². The minimum absolute atomic E-state index is 0.132. The second-order valence-corrected chi connectivity index (χ2v) is 5.74. The molecule has 0 saturated carbocycles. The van der Waals surface area contributed by atoms with Crippen LogP contribution in [0.15, 0.2) is 23.1 Å². The molecule has 0 amide bonds. The lowest BCUT2D eigenvalue weighted by atomic mass is 10.3. The van der Waals surface area contributed by atoms with Gasteiger partial charge in [-0.3, -0.25) is 10.1 Å². The third-order valence-electron chi connectivity index (χ3n) is 2.33. The highest BCUT2D eigenvalue weighted by atomic mass is 35.5. The molecule has 1 atom stereocenters. The molecule has 19 heavy (non-hydrogen) atoms. The van der Waals surface area contributed by atoms with E-state index in [1.807, 2.05) is 0 Å². The Morgan fingerprint density at radius 3 is 2.68 bits per heavy atom. The first-order valence-electron chi connectivity index (χ1n) is 5.24. The van der Waals surface area contributed by atoms with E-state index < -0.39 is 26.7 Å². The number of nitro groups is 1. The topological polar surface area (TPSA) is 89.3 Å². The fourth-order valence-electron chi connectivity index (χ4n) is 1.29. The van der Waals surface area contributed by atoms with Gasteiger partial charge in [-0.05, 0) is 18.6 Å². The van der Waals surface area contributed by atoms with Crippen molar-refractivity contribution in [2.75, 3.05) is 0 Å². The second kappa shape index (κ2) is 6.02. The molecule has 8 heteroatoms. The lowest BCUT2D eigenvalue weighted by Crippen LogP contribution is -2.33. The SMILES string of the molecule is C#CC(CC)NS(=O)(=O)c1ccc(Cl)c([N+](=O)[O-])c1. The molecule has 102 valence electrons. The van der Waals surface area contributed by atoms with Gasteiger partial charge >= 0.3 is 0 Å². The Hall–Kier alpha value is -1.62. The van der Waals surface area contributed by atoms with Gasteiger partial charge in [0.05, 0.1) is 15.9 Å². The van der Waals surface area contributed by atoms with Crippen molar-refractivity contribution in [3.05, 3.63) is 33.3 Å². The molecule has 0 spiro atoms. The van der Waals surface area contributed by atoms with Crippen molar-refractivity contribution in [3.8, 4) is 12.3 Å². The van der Waals surface area contributed by atoms with Crippen LogP contribution in [0.3, 0.4) is 0 Å². The number of sulfonamides is 1. The zero-order valence-corrected chi connectivity index (χ0v) is 11.5. The Balaban J connectivity index is 3.20. The average Bonchev–Trinajstić information content (AvgIpc) is 2.35. The number of hydrogen-bond acceptors (Lipinski definition) is 4. The predicted molar refractivity (Wildman–Crippen MR) is 71.3 cm³/mol. The van der Waals surface area contributed by atoms with Gasteiger partial charge < -0.3 is 0 Å². The fourth-order valence-corrected chi connectivity index (χ4v) is 2.74. The number of terminal acetylenes is 1. The molecule has 1 aromatic carbocycles. The molecule has 1 unspecified atom stereocenters. The summed E-state index contributed by atoms with van der Waals surface area (Å²) < 4.78 is 26.2. The van der Waals surface area contributed by atoms with Crippen molar-refractivity contribution < 1.29 is 13.3 Å². The van der Waals surface area contributed by atoms with Crippen LogP contribution in [-0.4, -0.2) is 19.4 Å². The highest BCUT2D eigenvalue weighted by molar-refractivity contribution is 7.89. The van der Waals surface area contributed by atoms with Gasteiger partial charge in [0.2, 0.25) is 10.0 Å². The van der Waals surface area contributed by atoms with Crippen molar-refractivity contribution in [3.63, 3.8) is 0 Å². The monoisotopic (exact) mass is 302 g/mol. The van der Waals surface area contributed by atoms with E-state index >= 15 is 0 Å². The first-order chi connectivity index (χ1) is 8.81. The molecule has 0 fully saturated rings. The minimum atomic E-state index is -3.91. The van der Waals surface area contributed by atoms with Gasteiger partial charge in [-0.15, -0.1) is 6.42 Å². The van der Waals surface area contributed by atoms with E-state index in [1.165, 1.54) is 6.07 Å². The maximum Gasteiger partial charge on any atom is 0.289 e. The molecular weight excluding hydrogens is 292 g/mol. The first kappa shape index (κ1) is 15.4. The standard InChI is InChI=1S/C11H11ClN2O4S/c1-3-8(4-2)13-19(17,18)9-5-6-10(12)11(7-9)14(15)16/h1,5-8,13H,4H2,2H3. The van der Waals surface area contributed by atoms with Crippen LogP contribution in [0.4, 0.5) is 5.69 Å². The lowest BCUT2D eigenvalue weighted by Gasteiger charge is -2.11. The van der Waals surface area contributed by atoms with Gasteiger partial charge in [0.15, 0.2) is 0 Å². The Morgan fingerprint density at radius 1 is 1.58 bits per heavy atom. The largest absolute Gasteiger partial charge is 0.289 e. The van der Waals surface area contributed by atoms with E-state index in [0.29, 0.717) is 6.42 Å². The molecule has 0 radical (unpaired) electrons. The Morgan fingerprint density at radius 2 is 2.21 bits per heavy atom. The number of hydrogen-bond donors (Lipinski definition) is 1. The molecule has 0 aliphatic heterocycles. The molecule has 1 aromatic rings. The third kappa shape index (κ3) is 3.67. The van der Waals surface area contributed by atoms with Gasteiger partial charge in [-0.1, -0.05) is 24.4 Å². The van der Waals surface area contributed by atoms with Crippen LogP contribution in [0, 0.1) is 22.5 Å². The van der Waals surface area contributed by atoms with E-state index in [2.05, 4.69) is 10.6 Å². The molecule has 0 aliphatic carbocycles. The van der Waals surface area contributed by atoms with Gasteiger partial charge in [0.25, 0.3) is 5.69 Å². The normalized spacial score (nSPS) is 12.7. The summed E-state index contributed by atoms with van der Waals surface area (Å²) in [7, 11) is -3.91. The molecule has 6 nitrogen and oxygen atoms in total. The number of nitrogens with one attached hydrogen (secondary N) is 1. The van der Waals surface area contributed by atoms with Crippen LogP contribution in [0.1, 0.15) is 13.3 Å². The number of halogens is 1. The fraction of sp³-hybridized carbons (Fsp3) is 0.273. The number of nitro benzene ring substituents is 1. The van der Waals surface area contributed by atoms with Crippen molar-refractivity contribution in [1.82, 2.24) is 4.72 Å². The molecule has 0 aliphatic rings. The van der Waals surface area contributed by atoms with Crippen LogP contribution in [0.5, 0.6) is 0 Å². The van der Waals surface area contributed by atoms with Crippen molar-refractivity contribution in [2.45, 2.75) is 24.3 Å². The lowest BCUT2D eigenvalue weighted by molar-refractivity contribution is -0.384. The Bertz CT molecular complexity index is 637. The predicted octanol–water partition coefficient (Wildman–Crippen LogP) is 1.94. The second-order valence-electron chi connectivity index (χ2n) is 3.62. The summed E-state index contributed by atoms with van der Waals surface area (Å²) in [5, 5.41) is 10.6. The maximum absolute atomic E-state index is 12.0. The average molecular weight is 303 g/mol. The summed E-state index contributed by atoms with van der Waals surface area (Å²) >= 11 is 5.61. The Kier molecular flexibility index (Phi) is 4.89. The van der Waals surface area contributed by atoms with Crippen LogP contribution in [0.2, 0.25) is 5.02 Å². The molecule has 0 aromatic heterocycles. The number of rotatable bonds is 5. The van der Waals surface area contributed by atoms with Crippen molar-refractivity contribution in [1.29, 1.82) is 0 Å².